The molecule has 0 aliphatic carbocycles. The van der Waals surface area contributed by atoms with Gasteiger partial charge in [0.2, 0.25) is 5.03 Å². The van der Waals surface area contributed by atoms with Crippen LogP contribution in [0, 0.1) is 0 Å². The predicted octanol–water partition coefficient (Wildman–Crippen LogP) is 1.64. The van der Waals surface area contributed by atoms with Crippen LogP contribution in [0.3, 0.4) is 0 Å². The molecule has 0 saturated carbocycles. The highest BCUT2D eigenvalue weighted by atomic mass is 35.5. The van der Waals surface area contributed by atoms with Gasteiger partial charge in [0.15, 0.2) is 0 Å². The Kier molecular flexibility index (Phi) is 3.47. The van der Waals surface area contributed by atoms with Crippen molar-refractivity contribution in [1.29, 1.82) is 0 Å². The molecule has 1 aromatic heterocycles. The number of imidazole rings is 1. The molecule has 1 fully saturated rings. The molecule has 1 aromatic rings. The quantitative estimate of drug-likeness (QED) is 0.826. The molecule has 0 amide bonds. The summed E-state index contributed by atoms with van der Waals surface area (Å²) in [5.41, 5.74) is 0. The van der Waals surface area contributed by atoms with Gasteiger partial charge in [0, 0.05) is 19.6 Å². The van der Waals surface area contributed by atoms with E-state index >= 15 is 0 Å². The van der Waals surface area contributed by atoms with Crippen LogP contribution in [0.4, 0.5) is 0 Å². The molecule has 1 saturated heterocycles. The lowest BCUT2D eigenvalue weighted by atomic mass is 10.1. The summed E-state index contributed by atoms with van der Waals surface area (Å²) in [7, 11) is -1.88. The van der Waals surface area contributed by atoms with E-state index in [1.165, 1.54) is 15.2 Å². The fraction of sp³-hybridized carbons (Fsp3) is 0.700. The first-order chi connectivity index (χ1) is 7.94. The second-order valence-corrected chi connectivity index (χ2v) is 6.58. The zero-order chi connectivity index (χ0) is 12.6. The molecule has 1 aliphatic rings. The van der Waals surface area contributed by atoms with E-state index in [-0.39, 0.29) is 16.2 Å². The maximum Gasteiger partial charge on any atom is 0.263 e. The molecule has 0 bridgehead atoms. The van der Waals surface area contributed by atoms with Crippen LogP contribution in [0.25, 0.3) is 0 Å². The first kappa shape index (κ1) is 12.9. The average Bonchev–Trinajstić information content (AvgIpc) is 2.60. The summed E-state index contributed by atoms with van der Waals surface area (Å²) in [6, 6.07) is 0.0202. The Morgan fingerprint density at radius 2 is 2.18 bits per heavy atom. The summed E-state index contributed by atoms with van der Waals surface area (Å²) >= 11 is 5.95. The van der Waals surface area contributed by atoms with Crippen LogP contribution in [0.1, 0.15) is 26.2 Å². The van der Waals surface area contributed by atoms with Crippen molar-refractivity contribution >= 4 is 21.6 Å². The summed E-state index contributed by atoms with van der Waals surface area (Å²) < 4.78 is 27.8. The van der Waals surface area contributed by atoms with Crippen molar-refractivity contribution in [2.75, 3.05) is 6.54 Å². The number of sulfonamides is 1. The van der Waals surface area contributed by atoms with Gasteiger partial charge in [-0.3, -0.25) is 0 Å². The average molecular weight is 278 g/mol. The van der Waals surface area contributed by atoms with Gasteiger partial charge >= 0.3 is 0 Å². The first-order valence-corrected chi connectivity index (χ1v) is 7.45. The molecular weight excluding hydrogens is 262 g/mol. The van der Waals surface area contributed by atoms with Gasteiger partial charge in [0.1, 0.15) is 5.15 Å². The Bertz CT molecular complexity index is 512. The number of aromatic nitrogens is 2. The third-order valence-corrected chi connectivity index (χ3v) is 5.63. The highest BCUT2D eigenvalue weighted by Gasteiger charge is 2.34. The van der Waals surface area contributed by atoms with Crippen molar-refractivity contribution in [2.45, 2.75) is 37.3 Å². The van der Waals surface area contributed by atoms with Crippen LogP contribution in [0.15, 0.2) is 11.4 Å². The molecule has 7 heteroatoms. The van der Waals surface area contributed by atoms with Gasteiger partial charge in [-0.2, -0.15) is 4.31 Å². The first-order valence-electron chi connectivity index (χ1n) is 5.63. The number of rotatable bonds is 2. The van der Waals surface area contributed by atoms with E-state index in [0.717, 1.165) is 19.3 Å². The summed E-state index contributed by atoms with van der Waals surface area (Å²) in [6.07, 6.45) is 4.28. The third-order valence-electron chi connectivity index (χ3n) is 3.13. The molecule has 0 N–H and O–H groups in total. The zero-order valence-corrected chi connectivity index (χ0v) is 11.5. The van der Waals surface area contributed by atoms with Gasteiger partial charge in [-0.25, -0.2) is 13.4 Å². The summed E-state index contributed by atoms with van der Waals surface area (Å²) in [5, 5.41) is 0.137. The largest absolute Gasteiger partial charge is 0.324 e. The predicted molar refractivity (Wildman–Crippen MR) is 65.4 cm³/mol. The molecule has 1 unspecified atom stereocenters. The molecule has 96 valence electrons. The molecule has 1 atom stereocenters. The van der Waals surface area contributed by atoms with Crippen LogP contribution < -0.4 is 0 Å². The number of aryl methyl sites for hydroxylation is 1. The maximum absolute atomic E-state index is 12.4. The Morgan fingerprint density at radius 1 is 1.47 bits per heavy atom. The van der Waals surface area contributed by atoms with Crippen LogP contribution in [-0.4, -0.2) is 34.9 Å². The molecule has 5 nitrogen and oxygen atoms in total. The van der Waals surface area contributed by atoms with Crippen LogP contribution in [0.2, 0.25) is 5.15 Å². The van der Waals surface area contributed by atoms with Gasteiger partial charge in [-0.1, -0.05) is 18.0 Å². The van der Waals surface area contributed by atoms with Crippen molar-refractivity contribution in [3.63, 3.8) is 0 Å². The lowest BCUT2D eigenvalue weighted by Gasteiger charge is -2.31. The number of nitrogens with zero attached hydrogens (tertiary/aromatic N) is 3. The van der Waals surface area contributed by atoms with Gasteiger partial charge in [0.25, 0.3) is 10.0 Å². The van der Waals surface area contributed by atoms with Crippen molar-refractivity contribution in [3.05, 3.63) is 11.5 Å². The van der Waals surface area contributed by atoms with E-state index in [0.29, 0.717) is 6.54 Å². The molecule has 1 aliphatic heterocycles. The Balaban J connectivity index is 2.39. The fourth-order valence-corrected chi connectivity index (χ4v) is 4.20. The standard InChI is InChI=1S/C10H16ClN3O2S/c1-8-5-3-4-6-14(8)17(15,16)10-9(11)13(2)7-12-10/h7-8H,3-6H2,1-2H3. The van der Waals surface area contributed by atoms with Crippen molar-refractivity contribution < 1.29 is 8.42 Å². The number of halogens is 1. The summed E-state index contributed by atoms with van der Waals surface area (Å²) in [5.74, 6) is 0. The topological polar surface area (TPSA) is 55.2 Å². The highest BCUT2D eigenvalue weighted by Crippen LogP contribution is 2.27. The molecular formula is C10H16ClN3O2S. The Labute approximate surface area is 106 Å². The van der Waals surface area contributed by atoms with E-state index in [2.05, 4.69) is 4.98 Å². The minimum atomic E-state index is -3.55. The number of hydrogen-bond acceptors (Lipinski definition) is 3. The van der Waals surface area contributed by atoms with E-state index in [1.807, 2.05) is 6.92 Å². The summed E-state index contributed by atoms with van der Waals surface area (Å²) in [6.45, 7) is 2.48. The van der Waals surface area contributed by atoms with Crippen molar-refractivity contribution in [1.82, 2.24) is 13.9 Å². The van der Waals surface area contributed by atoms with Crippen LogP contribution >= 0.6 is 11.6 Å². The van der Waals surface area contributed by atoms with Gasteiger partial charge in [0.05, 0.1) is 6.33 Å². The van der Waals surface area contributed by atoms with E-state index in [4.69, 9.17) is 11.6 Å². The number of piperidine rings is 1. The molecule has 17 heavy (non-hydrogen) atoms. The smallest absolute Gasteiger partial charge is 0.263 e. The normalized spacial score (nSPS) is 22.9. The van der Waals surface area contributed by atoms with E-state index in [1.54, 1.807) is 7.05 Å². The van der Waals surface area contributed by atoms with E-state index < -0.39 is 10.0 Å². The summed E-state index contributed by atoms with van der Waals surface area (Å²) in [4.78, 5) is 3.90. The van der Waals surface area contributed by atoms with Gasteiger partial charge in [-0.15, -0.1) is 0 Å². The minimum absolute atomic E-state index is 0.0202. The van der Waals surface area contributed by atoms with Crippen molar-refractivity contribution in [2.24, 2.45) is 7.05 Å². The lowest BCUT2D eigenvalue weighted by Crippen LogP contribution is -2.42. The SMILES string of the molecule is CC1CCCCN1S(=O)(=O)c1ncn(C)c1Cl. The second kappa shape index (κ2) is 4.59. The lowest BCUT2D eigenvalue weighted by molar-refractivity contribution is 0.268. The number of hydrogen-bond donors (Lipinski definition) is 0. The fourth-order valence-electron chi connectivity index (χ4n) is 2.11. The molecule has 0 aromatic carbocycles. The minimum Gasteiger partial charge on any atom is -0.324 e. The Morgan fingerprint density at radius 3 is 2.71 bits per heavy atom. The molecule has 2 rings (SSSR count). The maximum atomic E-state index is 12.4. The molecule has 2 heterocycles. The molecule has 0 radical (unpaired) electrons. The van der Waals surface area contributed by atoms with E-state index in [9.17, 15) is 8.42 Å². The zero-order valence-electron chi connectivity index (χ0n) is 9.93. The van der Waals surface area contributed by atoms with Crippen molar-refractivity contribution in [3.8, 4) is 0 Å². The highest BCUT2D eigenvalue weighted by molar-refractivity contribution is 7.89. The van der Waals surface area contributed by atoms with Crippen LogP contribution in [0.5, 0.6) is 0 Å². The third kappa shape index (κ3) is 2.21. The van der Waals surface area contributed by atoms with Gasteiger partial charge < -0.3 is 4.57 Å². The van der Waals surface area contributed by atoms with Gasteiger partial charge in [-0.05, 0) is 19.8 Å². The van der Waals surface area contributed by atoms with Crippen LogP contribution in [-0.2, 0) is 17.1 Å². The monoisotopic (exact) mass is 277 g/mol. The Hall–Kier alpha value is -0.590. The molecule has 0 spiro atoms. The second-order valence-electron chi connectivity index (χ2n) is 4.41.